The number of hydrogen-bond acceptors (Lipinski definition) is 5. The molecule has 0 N–H and O–H groups in total. The zero-order valence-corrected chi connectivity index (χ0v) is 11.4. The zero-order valence-electron chi connectivity index (χ0n) is 10.6. The smallest absolute Gasteiger partial charge is 0.337 e. The molecule has 2 aromatic rings. The van der Waals surface area contributed by atoms with Gasteiger partial charge in [0.15, 0.2) is 0 Å². The molecule has 0 spiro atoms. The highest BCUT2D eigenvalue weighted by atomic mass is 32.2. The fourth-order valence-electron chi connectivity index (χ4n) is 1.50. The van der Waals surface area contributed by atoms with Crippen molar-refractivity contribution in [2.45, 2.75) is 9.92 Å². The molecular formula is C14H13NO3S. The first kappa shape index (κ1) is 13.4. The molecule has 0 atom stereocenters. The lowest BCUT2D eigenvalue weighted by Crippen LogP contribution is -2.01. The molecule has 0 saturated heterocycles. The Morgan fingerprint density at radius 1 is 1.21 bits per heavy atom. The van der Waals surface area contributed by atoms with Crippen molar-refractivity contribution in [3.8, 4) is 5.75 Å². The molecule has 98 valence electrons. The summed E-state index contributed by atoms with van der Waals surface area (Å²) in [5, 5.41) is 0.733. The van der Waals surface area contributed by atoms with Crippen molar-refractivity contribution in [2.24, 2.45) is 0 Å². The minimum absolute atomic E-state index is 0.366. The summed E-state index contributed by atoms with van der Waals surface area (Å²) < 4.78 is 9.85. The quantitative estimate of drug-likeness (QED) is 0.803. The highest BCUT2D eigenvalue weighted by Gasteiger charge is 2.07. The Kier molecular flexibility index (Phi) is 4.41. The van der Waals surface area contributed by atoms with E-state index in [1.165, 1.54) is 18.9 Å². The van der Waals surface area contributed by atoms with Crippen LogP contribution in [-0.4, -0.2) is 25.2 Å². The average Bonchev–Trinajstić information content (AvgIpc) is 2.47. The van der Waals surface area contributed by atoms with Crippen LogP contribution in [0.25, 0.3) is 0 Å². The first-order chi connectivity index (χ1) is 9.22. The molecular weight excluding hydrogens is 262 g/mol. The normalized spacial score (nSPS) is 10.0. The second-order valence-electron chi connectivity index (χ2n) is 3.66. The first-order valence-electron chi connectivity index (χ1n) is 5.59. The molecule has 0 aliphatic heterocycles. The number of pyridine rings is 1. The van der Waals surface area contributed by atoms with Gasteiger partial charge in [0.1, 0.15) is 10.8 Å². The molecule has 0 bridgehead atoms. The van der Waals surface area contributed by atoms with E-state index in [1.807, 2.05) is 24.3 Å². The maximum atomic E-state index is 11.4. The number of hydrogen-bond donors (Lipinski definition) is 0. The maximum Gasteiger partial charge on any atom is 0.337 e. The number of carbonyl (C=O) groups is 1. The predicted octanol–water partition coefficient (Wildman–Crippen LogP) is 3.03. The maximum absolute atomic E-state index is 11.4. The third-order valence-corrected chi connectivity index (χ3v) is 3.34. The number of benzene rings is 1. The Hall–Kier alpha value is -2.01. The van der Waals surface area contributed by atoms with E-state index in [0.717, 1.165) is 15.7 Å². The summed E-state index contributed by atoms with van der Waals surface area (Å²) in [4.78, 5) is 16.7. The fourth-order valence-corrected chi connectivity index (χ4v) is 2.36. The standard InChI is InChI=1S/C14H13NO3S/c1-17-11-4-3-5-12(9-11)19-13-8-10(6-7-15-13)14(16)18-2/h3-9H,1-2H3. The molecule has 0 unspecified atom stereocenters. The molecule has 0 fully saturated rings. The largest absolute Gasteiger partial charge is 0.497 e. The Morgan fingerprint density at radius 2 is 2.05 bits per heavy atom. The van der Waals surface area contributed by atoms with E-state index in [0.29, 0.717) is 5.56 Å². The van der Waals surface area contributed by atoms with Gasteiger partial charge in [-0.1, -0.05) is 17.8 Å². The number of carbonyl (C=O) groups excluding carboxylic acids is 1. The van der Waals surface area contributed by atoms with Gasteiger partial charge in [-0.3, -0.25) is 0 Å². The molecule has 1 aromatic carbocycles. The zero-order chi connectivity index (χ0) is 13.7. The topological polar surface area (TPSA) is 48.4 Å². The van der Waals surface area contributed by atoms with Crippen LogP contribution in [0, 0.1) is 0 Å². The van der Waals surface area contributed by atoms with E-state index >= 15 is 0 Å². The van der Waals surface area contributed by atoms with Crippen LogP contribution in [0.1, 0.15) is 10.4 Å². The molecule has 5 heteroatoms. The molecule has 0 amide bonds. The minimum atomic E-state index is -0.366. The summed E-state index contributed by atoms with van der Waals surface area (Å²) in [6.07, 6.45) is 1.59. The van der Waals surface area contributed by atoms with Crippen molar-refractivity contribution in [1.29, 1.82) is 0 Å². The van der Waals surface area contributed by atoms with Crippen LogP contribution >= 0.6 is 11.8 Å². The lowest BCUT2D eigenvalue weighted by molar-refractivity contribution is 0.0600. The van der Waals surface area contributed by atoms with E-state index in [1.54, 1.807) is 25.4 Å². The van der Waals surface area contributed by atoms with Crippen LogP contribution in [0.4, 0.5) is 0 Å². The minimum Gasteiger partial charge on any atom is -0.497 e. The summed E-state index contributed by atoms with van der Waals surface area (Å²) in [7, 11) is 2.98. The van der Waals surface area contributed by atoms with Gasteiger partial charge >= 0.3 is 5.97 Å². The van der Waals surface area contributed by atoms with E-state index in [4.69, 9.17) is 4.74 Å². The van der Waals surface area contributed by atoms with Gasteiger partial charge in [0.2, 0.25) is 0 Å². The molecule has 0 radical (unpaired) electrons. The van der Waals surface area contributed by atoms with E-state index < -0.39 is 0 Å². The monoisotopic (exact) mass is 275 g/mol. The molecule has 19 heavy (non-hydrogen) atoms. The summed E-state index contributed by atoms with van der Waals surface area (Å²) >= 11 is 1.46. The second-order valence-corrected chi connectivity index (χ2v) is 4.75. The fraction of sp³-hybridized carbons (Fsp3) is 0.143. The number of methoxy groups -OCH3 is 2. The van der Waals surface area contributed by atoms with Crippen LogP contribution in [0.2, 0.25) is 0 Å². The third-order valence-electron chi connectivity index (χ3n) is 2.42. The Bertz CT molecular complexity index is 586. The number of aromatic nitrogens is 1. The molecule has 0 aliphatic rings. The number of esters is 1. The number of nitrogens with zero attached hydrogens (tertiary/aromatic N) is 1. The number of rotatable bonds is 4. The van der Waals surface area contributed by atoms with Crippen LogP contribution in [-0.2, 0) is 4.74 Å². The van der Waals surface area contributed by atoms with Crippen molar-refractivity contribution in [3.05, 3.63) is 48.2 Å². The van der Waals surface area contributed by atoms with E-state index in [2.05, 4.69) is 9.72 Å². The molecule has 1 aromatic heterocycles. The second kappa shape index (κ2) is 6.24. The van der Waals surface area contributed by atoms with Crippen molar-refractivity contribution in [1.82, 2.24) is 4.98 Å². The summed E-state index contributed by atoms with van der Waals surface area (Å²) in [5.74, 6) is 0.420. The van der Waals surface area contributed by atoms with Gasteiger partial charge in [-0.05, 0) is 30.3 Å². The average molecular weight is 275 g/mol. The van der Waals surface area contributed by atoms with E-state index in [9.17, 15) is 4.79 Å². The van der Waals surface area contributed by atoms with Gasteiger partial charge in [-0.2, -0.15) is 0 Å². The Morgan fingerprint density at radius 3 is 2.79 bits per heavy atom. The highest BCUT2D eigenvalue weighted by molar-refractivity contribution is 7.99. The summed E-state index contributed by atoms with van der Waals surface area (Å²) in [6.45, 7) is 0. The van der Waals surface area contributed by atoms with Crippen molar-refractivity contribution >= 4 is 17.7 Å². The SMILES string of the molecule is COC(=O)c1ccnc(Sc2cccc(OC)c2)c1. The molecule has 0 saturated carbocycles. The lowest BCUT2D eigenvalue weighted by Gasteiger charge is -2.05. The van der Waals surface area contributed by atoms with Crippen LogP contribution in [0.3, 0.4) is 0 Å². The first-order valence-corrected chi connectivity index (χ1v) is 6.41. The Labute approximate surface area is 115 Å². The van der Waals surface area contributed by atoms with Gasteiger partial charge in [-0.15, -0.1) is 0 Å². The van der Waals surface area contributed by atoms with Crippen molar-refractivity contribution in [3.63, 3.8) is 0 Å². The number of ether oxygens (including phenoxy) is 2. The molecule has 4 nitrogen and oxygen atoms in total. The van der Waals surface area contributed by atoms with Gasteiger partial charge < -0.3 is 9.47 Å². The van der Waals surface area contributed by atoms with Gasteiger partial charge in [0.05, 0.1) is 19.8 Å². The predicted molar refractivity (Wildman–Crippen MR) is 72.7 cm³/mol. The Balaban J connectivity index is 2.20. The van der Waals surface area contributed by atoms with Gasteiger partial charge in [0, 0.05) is 11.1 Å². The molecule has 1 heterocycles. The van der Waals surface area contributed by atoms with E-state index in [-0.39, 0.29) is 5.97 Å². The molecule has 2 rings (SSSR count). The van der Waals surface area contributed by atoms with Gasteiger partial charge in [0.25, 0.3) is 0 Å². The third kappa shape index (κ3) is 3.48. The van der Waals surface area contributed by atoms with Crippen LogP contribution in [0.5, 0.6) is 5.75 Å². The summed E-state index contributed by atoms with van der Waals surface area (Å²) in [5.41, 5.74) is 0.489. The van der Waals surface area contributed by atoms with Crippen molar-refractivity contribution < 1.29 is 14.3 Å². The lowest BCUT2D eigenvalue weighted by atomic mass is 10.3. The molecule has 0 aliphatic carbocycles. The summed E-state index contributed by atoms with van der Waals surface area (Å²) in [6, 6.07) is 11.0. The van der Waals surface area contributed by atoms with Gasteiger partial charge in [-0.25, -0.2) is 9.78 Å². The highest BCUT2D eigenvalue weighted by Crippen LogP contribution is 2.29. The van der Waals surface area contributed by atoms with Crippen molar-refractivity contribution in [2.75, 3.05) is 14.2 Å². The van der Waals surface area contributed by atoms with Crippen LogP contribution < -0.4 is 4.74 Å². The van der Waals surface area contributed by atoms with Crippen LogP contribution in [0.15, 0.2) is 52.5 Å².